The van der Waals surface area contributed by atoms with Crippen molar-refractivity contribution in [3.8, 4) is 17.1 Å². The summed E-state index contributed by atoms with van der Waals surface area (Å²) in [7, 11) is 0. The van der Waals surface area contributed by atoms with Crippen LogP contribution in [0.4, 0.5) is 0 Å². The first kappa shape index (κ1) is 26.0. The maximum absolute atomic E-state index is 13.8. The Kier molecular flexibility index (Phi) is 6.98. The summed E-state index contributed by atoms with van der Waals surface area (Å²) in [6.45, 7) is 4.17. The van der Waals surface area contributed by atoms with Crippen LogP contribution in [-0.4, -0.2) is 36.2 Å². The summed E-state index contributed by atoms with van der Waals surface area (Å²) in [5.41, 5.74) is 4.35. The number of hydrogen-bond acceptors (Lipinski definition) is 6. The highest BCUT2D eigenvalue weighted by molar-refractivity contribution is 6.30. The highest BCUT2D eigenvalue weighted by atomic mass is 35.5. The molecule has 1 aliphatic carbocycles. The van der Waals surface area contributed by atoms with Crippen LogP contribution in [0.15, 0.2) is 70.1 Å². The van der Waals surface area contributed by atoms with Crippen LogP contribution in [0.3, 0.4) is 0 Å². The van der Waals surface area contributed by atoms with Gasteiger partial charge in [-0.15, -0.1) is 0 Å². The van der Waals surface area contributed by atoms with E-state index in [0.29, 0.717) is 40.5 Å². The molecule has 1 aliphatic rings. The number of aromatic nitrogens is 5. The first-order valence-corrected chi connectivity index (χ1v) is 13.8. The van der Waals surface area contributed by atoms with Crippen LogP contribution in [0.25, 0.3) is 28.1 Å². The molecule has 0 radical (unpaired) electrons. The lowest BCUT2D eigenvalue weighted by molar-refractivity contribution is 0.0919. The van der Waals surface area contributed by atoms with Gasteiger partial charge in [0.15, 0.2) is 0 Å². The second kappa shape index (κ2) is 10.7. The summed E-state index contributed by atoms with van der Waals surface area (Å²) in [5.74, 6) is 1.16. The predicted octanol–water partition coefficient (Wildman–Crippen LogP) is 5.50. The Hall–Kier alpha value is -4.24. The van der Waals surface area contributed by atoms with Crippen LogP contribution >= 0.6 is 11.6 Å². The van der Waals surface area contributed by atoms with Gasteiger partial charge in [0, 0.05) is 31.3 Å². The summed E-state index contributed by atoms with van der Waals surface area (Å²) in [5, 5.41) is 7.62. The number of hydrogen-bond donors (Lipinski definition) is 1. The predicted molar refractivity (Wildman–Crippen MR) is 153 cm³/mol. The first-order valence-electron chi connectivity index (χ1n) is 13.4. The molecule has 2 aromatic carbocycles. The molecule has 3 heterocycles. The van der Waals surface area contributed by atoms with Crippen molar-refractivity contribution in [2.24, 2.45) is 5.92 Å². The summed E-state index contributed by atoms with van der Waals surface area (Å²) in [4.78, 5) is 35.2. The van der Waals surface area contributed by atoms with Gasteiger partial charge in [-0.05, 0) is 68.9 Å². The van der Waals surface area contributed by atoms with Gasteiger partial charge in [-0.1, -0.05) is 41.0 Å². The van der Waals surface area contributed by atoms with Gasteiger partial charge in [0.25, 0.3) is 5.91 Å². The van der Waals surface area contributed by atoms with Crippen molar-refractivity contribution in [2.45, 2.75) is 52.1 Å². The Bertz CT molecular complexity index is 1760. The molecule has 0 unspecified atom stereocenters. The third-order valence-corrected chi connectivity index (χ3v) is 7.85. The summed E-state index contributed by atoms with van der Waals surface area (Å²) >= 11 is 6.05. The molecule has 9 nitrogen and oxygen atoms in total. The average molecular weight is 557 g/mol. The smallest absolute Gasteiger partial charge is 0.333 e. The molecule has 0 bridgehead atoms. The Morgan fingerprint density at radius 2 is 1.82 bits per heavy atom. The number of para-hydroxylation sites is 2. The number of nitrogens with zero attached hydrogens (tertiary/aromatic N) is 5. The number of pyridine rings is 1. The molecule has 10 heteroatoms. The fourth-order valence-corrected chi connectivity index (χ4v) is 5.74. The van der Waals surface area contributed by atoms with E-state index in [0.717, 1.165) is 48.0 Å². The molecular weight excluding hydrogens is 528 g/mol. The number of nitrogens with one attached hydrogen (secondary N) is 1. The quantitative estimate of drug-likeness (QED) is 0.296. The van der Waals surface area contributed by atoms with Crippen LogP contribution < -0.4 is 11.0 Å². The minimum absolute atomic E-state index is 0.0803. The summed E-state index contributed by atoms with van der Waals surface area (Å²) < 4.78 is 8.77. The molecule has 0 saturated heterocycles. The van der Waals surface area contributed by atoms with Crippen molar-refractivity contribution in [1.29, 1.82) is 0 Å². The topological polar surface area (TPSA) is 108 Å². The van der Waals surface area contributed by atoms with E-state index in [4.69, 9.17) is 16.1 Å². The van der Waals surface area contributed by atoms with E-state index >= 15 is 0 Å². The number of rotatable bonds is 6. The van der Waals surface area contributed by atoms with E-state index in [1.165, 1.54) is 0 Å². The summed E-state index contributed by atoms with van der Waals surface area (Å²) in [6.07, 6.45) is 5.07. The number of benzene rings is 2. The number of amides is 1. The second-order valence-electron chi connectivity index (χ2n) is 10.4. The fourth-order valence-electron chi connectivity index (χ4n) is 5.58. The monoisotopic (exact) mass is 556 g/mol. The zero-order chi connectivity index (χ0) is 27.8. The van der Waals surface area contributed by atoms with Crippen LogP contribution in [0.5, 0.6) is 0 Å². The largest absolute Gasteiger partial charge is 0.349 e. The van der Waals surface area contributed by atoms with Gasteiger partial charge in [-0.25, -0.2) is 4.79 Å². The average Bonchev–Trinajstić information content (AvgIpc) is 3.52. The SMILES string of the molecule is Cc1nc(-c2cccc(-n3c(=O)n(CC4CCC(NC(=O)c5cc(Cl)cnc5C)CC4)c4ccccc43)c2)no1. The van der Waals surface area contributed by atoms with Gasteiger partial charge in [-0.2, -0.15) is 4.98 Å². The van der Waals surface area contributed by atoms with Gasteiger partial charge in [-0.3, -0.25) is 18.9 Å². The standard InChI is InChI=1S/C30H29ClN6O3/c1-18-25(15-22(31)16-32-18)29(38)34-23-12-10-20(11-13-23)17-36-26-8-3-4-9-27(26)37(30(36)39)24-7-5-6-21(14-24)28-33-19(2)40-35-28/h3-9,14-16,20,23H,10-13,17H2,1-2H3,(H,34,38). The lowest BCUT2D eigenvalue weighted by Crippen LogP contribution is -2.39. The first-order chi connectivity index (χ1) is 19.4. The van der Waals surface area contributed by atoms with E-state index in [-0.39, 0.29) is 17.6 Å². The van der Waals surface area contributed by atoms with Gasteiger partial charge >= 0.3 is 5.69 Å². The Labute approximate surface area is 235 Å². The number of aryl methyl sites for hydroxylation is 2. The zero-order valence-corrected chi connectivity index (χ0v) is 23.1. The van der Waals surface area contributed by atoms with Crippen molar-refractivity contribution >= 4 is 28.5 Å². The molecule has 1 N–H and O–H groups in total. The van der Waals surface area contributed by atoms with Crippen molar-refractivity contribution in [2.75, 3.05) is 0 Å². The Balaban J connectivity index is 1.20. The normalized spacial score (nSPS) is 17.3. The van der Waals surface area contributed by atoms with E-state index in [2.05, 4.69) is 20.4 Å². The maximum Gasteiger partial charge on any atom is 0.333 e. The van der Waals surface area contributed by atoms with Crippen molar-refractivity contribution in [3.05, 3.63) is 93.4 Å². The van der Waals surface area contributed by atoms with Crippen LogP contribution in [0, 0.1) is 19.8 Å². The van der Waals surface area contributed by atoms with Gasteiger partial charge in [0.2, 0.25) is 11.7 Å². The molecule has 1 fully saturated rings. The Morgan fingerprint density at radius 3 is 2.58 bits per heavy atom. The van der Waals surface area contributed by atoms with E-state index < -0.39 is 0 Å². The molecule has 5 aromatic rings. The molecule has 1 amide bonds. The Morgan fingerprint density at radius 1 is 1.05 bits per heavy atom. The highest BCUT2D eigenvalue weighted by Crippen LogP contribution is 2.28. The van der Waals surface area contributed by atoms with Gasteiger partial charge < -0.3 is 9.84 Å². The maximum atomic E-state index is 13.8. The van der Waals surface area contributed by atoms with Crippen molar-refractivity contribution < 1.29 is 9.32 Å². The molecule has 0 spiro atoms. The van der Waals surface area contributed by atoms with Crippen molar-refractivity contribution in [3.63, 3.8) is 0 Å². The van der Waals surface area contributed by atoms with Crippen LogP contribution in [0.2, 0.25) is 5.02 Å². The molecule has 204 valence electrons. The number of imidazole rings is 1. The van der Waals surface area contributed by atoms with Crippen LogP contribution in [0.1, 0.15) is 47.6 Å². The zero-order valence-electron chi connectivity index (χ0n) is 22.3. The third-order valence-electron chi connectivity index (χ3n) is 7.65. The molecule has 3 aromatic heterocycles. The molecule has 6 rings (SSSR count). The van der Waals surface area contributed by atoms with Gasteiger partial charge in [0.1, 0.15) is 0 Å². The second-order valence-corrected chi connectivity index (χ2v) is 10.8. The van der Waals surface area contributed by atoms with Crippen LogP contribution in [-0.2, 0) is 6.54 Å². The number of halogens is 1. The fraction of sp³-hybridized carbons (Fsp3) is 0.300. The van der Waals surface area contributed by atoms with E-state index in [1.807, 2.05) is 53.1 Å². The summed E-state index contributed by atoms with van der Waals surface area (Å²) in [6, 6.07) is 17.2. The van der Waals surface area contributed by atoms with Crippen molar-refractivity contribution in [1.82, 2.24) is 29.6 Å². The molecule has 40 heavy (non-hydrogen) atoms. The molecule has 0 atom stereocenters. The minimum atomic E-state index is -0.145. The molecule has 1 saturated carbocycles. The molecular formula is C30H29ClN6O3. The highest BCUT2D eigenvalue weighted by Gasteiger charge is 2.26. The lowest BCUT2D eigenvalue weighted by Gasteiger charge is -2.29. The minimum Gasteiger partial charge on any atom is -0.349 e. The van der Waals surface area contributed by atoms with E-state index in [1.54, 1.807) is 30.7 Å². The van der Waals surface area contributed by atoms with E-state index in [9.17, 15) is 9.59 Å². The lowest BCUT2D eigenvalue weighted by atomic mass is 9.85. The third kappa shape index (κ3) is 5.04. The number of carbonyl (C=O) groups is 1. The van der Waals surface area contributed by atoms with Gasteiger partial charge in [0.05, 0.1) is 33.0 Å². The number of fused-ring (bicyclic) bond motifs is 1. The molecule has 0 aliphatic heterocycles. The number of carbonyl (C=O) groups excluding carboxylic acids is 1.